The maximum atomic E-state index is 8.36. The second-order valence-corrected chi connectivity index (χ2v) is 0. The van der Waals surface area contributed by atoms with Crippen LogP contribution in [0.4, 0.5) is 0 Å². The van der Waals surface area contributed by atoms with Crippen molar-refractivity contribution in [3.8, 4) is 0 Å². The van der Waals surface area contributed by atoms with Crippen molar-refractivity contribution in [2.75, 3.05) is 0 Å². The van der Waals surface area contributed by atoms with Crippen LogP contribution in [0.2, 0.25) is 0 Å². The van der Waals surface area contributed by atoms with Gasteiger partial charge < -0.3 is 11.0 Å². The zero-order valence-electron chi connectivity index (χ0n) is 2.58. The minimum absolute atomic E-state index is 0. The second-order valence-electron chi connectivity index (χ2n) is 0. The summed E-state index contributed by atoms with van der Waals surface area (Å²) in [6, 6.07) is 0. The predicted molar refractivity (Wildman–Crippen MR) is 15.1 cm³/mol. The maximum Gasteiger partial charge on any atom is 4.00 e. The van der Waals surface area contributed by atoms with E-state index in [2.05, 4.69) is 0 Å². The first-order chi connectivity index (χ1) is 1.00. The summed E-state index contributed by atoms with van der Waals surface area (Å²) in [5.41, 5.74) is 0. The maximum absolute atomic E-state index is 8.36. The van der Waals surface area contributed by atoms with Crippen LogP contribution in [0.3, 0.4) is 0 Å². The van der Waals surface area contributed by atoms with Gasteiger partial charge in [-0.15, -0.1) is 12.4 Å². The molecule has 6 heteroatoms. The van der Waals surface area contributed by atoms with Crippen LogP contribution in [0.15, 0.2) is 0 Å². The van der Waals surface area contributed by atoms with Gasteiger partial charge in [-0.25, -0.2) is 0 Å². The van der Waals surface area contributed by atoms with Crippen molar-refractivity contribution in [2.24, 2.45) is 0 Å². The molecular formula is HBiClO3Ti. The van der Waals surface area contributed by atoms with Crippen molar-refractivity contribution in [3.05, 3.63) is 0 Å². The van der Waals surface area contributed by atoms with E-state index in [1.54, 1.807) is 0 Å². The Morgan fingerprint density at radius 1 is 1.00 bits per heavy atom. The molecule has 6 heavy (non-hydrogen) atoms. The van der Waals surface area contributed by atoms with Gasteiger partial charge in [0.05, 0.1) is 0 Å². The minimum Gasteiger partial charge on any atom is 4.00 e. The Kier molecular flexibility index (Phi) is 655. The van der Waals surface area contributed by atoms with Crippen LogP contribution in [0, 0.1) is 0 Å². The molecule has 0 atom stereocenters. The van der Waals surface area contributed by atoms with Crippen molar-refractivity contribution >= 4 is 37.1 Å². The quantitative estimate of drug-likeness (QED) is 0.557. The minimum atomic E-state index is 0. The summed E-state index contributed by atoms with van der Waals surface area (Å²) in [6.07, 6.45) is 0. The molecule has 0 aliphatic heterocycles. The van der Waals surface area contributed by atoms with Crippen LogP contribution in [0.1, 0.15) is 0 Å². The van der Waals surface area contributed by atoms with E-state index in [-0.39, 0.29) is 69.8 Å². The van der Waals surface area contributed by atoms with Gasteiger partial charge in [0.15, 0.2) is 0 Å². The third kappa shape index (κ3) is 46.1. The van der Waals surface area contributed by atoms with E-state index in [0.29, 0.717) is 0 Å². The summed E-state index contributed by atoms with van der Waals surface area (Å²) in [5, 5.41) is 0. The third-order valence-electron chi connectivity index (χ3n) is 0. The summed E-state index contributed by atoms with van der Waals surface area (Å²) in [5.74, 6) is 0. The average Bonchev–Trinajstić information content (AvgIpc) is 1.00. The van der Waals surface area contributed by atoms with Crippen molar-refractivity contribution in [1.82, 2.24) is 0 Å². The first kappa shape index (κ1) is 48.9. The summed E-state index contributed by atoms with van der Waals surface area (Å²) in [4.78, 5) is 0. The molecule has 0 amide bonds. The van der Waals surface area contributed by atoms with Gasteiger partial charge in [-0.2, -0.15) is 0 Å². The number of hydrogen-bond acceptors (Lipinski definition) is 1. The van der Waals surface area contributed by atoms with E-state index in [9.17, 15) is 0 Å². The van der Waals surface area contributed by atoms with Gasteiger partial charge in [-0.1, -0.05) is 0 Å². The molecule has 0 spiro atoms. The van der Waals surface area contributed by atoms with Gasteiger partial charge in [0, 0.05) is 0 Å². The zero-order chi connectivity index (χ0) is 2.00. The molecular weight excluding hydrogens is 340 g/mol. The summed E-state index contributed by atoms with van der Waals surface area (Å²) in [6.45, 7) is 0. The average molecular weight is 341 g/mol. The van der Waals surface area contributed by atoms with Crippen LogP contribution in [0.5, 0.6) is 0 Å². The molecule has 0 bridgehead atoms. The zero-order valence-corrected chi connectivity index (χ0v) is 8.44. The second kappa shape index (κ2) is 80.4. The normalized spacial score (nSPS) is 0.667. The van der Waals surface area contributed by atoms with E-state index in [1.165, 1.54) is 0 Å². The molecule has 0 fully saturated rings. The van der Waals surface area contributed by atoms with Crippen LogP contribution < -0.4 is 0 Å². The van der Waals surface area contributed by atoms with Crippen molar-refractivity contribution in [1.29, 1.82) is 0 Å². The molecule has 0 aromatic heterocycles. The first-order valence-electron chi connectivity index (χ1n) is 0.183. The number of halogens is 1. The van der Waals surface area contributed by atoms with Gasteiger partial charge in [0.25, 0.3) is 0 Å². The molecule has 3 nitrogen and oxygen atoms in total. The Morgan fingerprint density at radius 2 is 1.00 bits per heavy atom. The van der Waals surface area contributed by atoms with E-state index in [0.717, 1.165) is 0 Å². The number of rotatable bonds is 0. The topological polar surface area (TPSA) is 74.1 Å². The Labute approximate surface area is 72.1 Å². The molecule has 0 saturated heterocycles. The molecule has 0 aromatic rings. The monoisotopic (exact) mass is 341 g/mol. The standard InChI is InChI=1S/Bi.ClH.3O.Ti/h;1H;;;;/q;;;2*-2;+4. The van der Waals surface area contributed by atoms with Crippen LogP contribution >= 0.6 is 12.4 Å². The van der Waals surface area contributed by atoms with Gasteiger partial charge in [0.1, 0.15) is 0 Å². The van der Waals surface area contributed by atoms with Gasteiger partial charge in [-0.05, 0) is 0 Å². The van der Waals surface area contributed by atoms with Crippen molar-refractivity contribution < 1.29 is 35.5 Å². The van der Waals surface area contributed by atoms with E-state index < -0.39 is 0 Å². The van der Waals surface area contributed by atoms with E-state index in [1.807, 2.05) is 0 Å². The van der Waals surface area contributed by atoms with E-state index >= 15 is 0 Å². The fraction of sp³-hybridized carbons (Fsp3) is 0. The molecule has 0 saturated carbocycles. The molecule has 0 aromatic carbocycles. The van der Waals surface area contributed by atoms with Crippen LogP contribution in [-0.4, -0.2) is 24.7 Å². The van der Waals surface area contributed by atoms with Crippen LogP contribution in [-0.2, 0) is 35.5 Å². The Morgan fingerprint density at radius 3 is 1.00 bits per heavy atom. The molecule has 1 radical (unpaired) electrons. The molecule has 0 rings (SSSR count). The fourth-order valence-corrected chi connectivity index (χ4v) is 0. The number of hydrogen-bond donors (Lipinski definition) is 0. The van der Waals surface area contributed by atoms with Gasteiger partial charge in [-0.3, -0.25) is 0 Å². The van der Waals surface area contributed by atoms with Gasteiger partial charge >= 0.3 is 49.3 Å². The Bertz CT molecular complexity index is 10.8. The molecule has 0 unspecified atom stereocenters. The largest absolute Gasteiger partial charge is 4.00 e. The predicted octanol–water partition coefficient (Wildman–Crippen LogP) is -0.318. The first-order valence-corrected chi connectivity index (χ1v) is 1.60. The molecule has 35 valence electrons. The molecule has 0 aliphatic rings. The fourth-order valence-electron chi connectivity index (χ4n) is 0. The molecule has 0 heterocycles. The Hall–Kier alpha value is 1.61. The van der Waals surface area contributed by atoms with Gasteiger partial charge in [0.2, 0.25) is 0 Å². The van der Waals surface area contributed by atoms with Crippen LogP contribution in [0.25, 0.3) is 0 Å². The molecule has 0 N–H and O–H groups in total. The van der Waals surface area contributed by atoms with Crippen molar-refractivity contribution in [3.63, 3.8) is 0 Å². The summed E-state index contributed by atoms with van der Waals surface area (Å²) >= 11 is 0.194. The smallest absolute Gasteiger partial charge is 4.00 e. The summed E-state index contributed by atoms with van der Waals surface area (Å²) < 4.78 is 8.36. The van der Waals surface area contributed by atoms with E-state index in [4.69, 9.17) is 2.81 Å². The summed E-state index contributed by atoms with van der Waals surface area (Å²) in [7, 11) is 0. The Balaban J connectivity index is -0.000000000833. The molecule has 0 aliphatic carbocycles. The van der Waals surface area contributed by atoms with Crippen molar-refractivity contribution in [2.45, 2.75) is 0 Å². The SMILES string of the molecule is Cl.[O-2].[O-2].[O]=[Bi].[Ti+4]. The third-order valence-corrected chi connectivity index (χ3v) is 0.